The molecule has 1 aromatic carbocycles. The highest BCUT2D eigenvalue weighted by molar-refractivity contribution is 8.12. The third-order valence-electron chi connectivity index (χ3n) is 2.86. The molecule has 1 heterocycles. The minimum absolute atomic E-state index is 0.0429. The fourth-order valence-electron chi connectivity index (χ4n) is 1.72. The van der Waals surface area contributed by atoms with Crippen molar-refractivity contribution in [3.8, 4) is 11.5 Å². The van der Waals surface area contributed by atoms with Crippen LogP contribution in [0.15, 0.2) is 28.7 Å². The lowest BCUT2D eigenvalue weighted by Crippen LogP contribution is -2.00. The van der Waals surface area contributed by atoms with Crippen LogP contribution in [0.25, 0.3) is 11.5 Å². The van der Waals surface area contributed by atoms with Crippen molar-refractivity contribution < 1.29 is 18.7 Å². The first kappa shape index (κ1) is 15.3. The maximum Gasteiger partial charge on any atom is 0.337 e. The Morgan fingerprint density at radius 2 is 1.95 bits per heavy atom. The van der Waals surface area contributed by atoms with E-state index in [1.807, 2.05) is 6.92 Å². The molecule has 0 bridgehead atoms. The Morgan fingerprint density at radius 3 is 2.52 bits per heavy atom. The number of nitrogens with zero attached hydrogens (tertiary/aromatic N) is 1. The summed E-state index contributed by atoms with van der Waals surface area (Å²) in [5, 5.41) is 0.0429. The predicted octanol–water partition coefficient (Wildman–Crippen LogP) is 3.22. The number of aromatic nitrogens is 1. The van der Waals surface area contributed by atoms with E-state index < -0.39 is 0 Å². The second-order valence-corrected chi connectivity index (χ2v) is 5.52. The molecule has 0 atom stereocenters. The van der Waals surface area contributed by atoms with Gasteiger partial charge in [-0.3, -0.25) is 4.79 Å². The number of ether oxygens (including phenoxy) is 1. The number of benzene rings is 1. The van der Waals surface area contributed by atoms with Crippen LogP contribution >= 0.6 is 11.8 Å². The lowest BCUT2D eigenvalue weighted by atomic mass is 10.1. The molecule has 0 spiro atoms. The molecular formula is C15H15NO4S. The molecule has 1 aromatic heterocycles. The third-order valence-corrected chi connectivity index (χ3v) is 3.68. The van der Waals surface area contributed by atoms with E-state index in [0.29, 0.717) is 23.0 Å². The Kier molecular flexibility index (Phi) is 4.80. The van der Waals surface area contributed by atoms with Gasteiger partial charge in [-0.15, -0.1) is 0 Å². The smallest absolute Gasteiger partial charge is 0.337 e. The number of thioether (sulfide) groups is 1. The molecule has 0 N–H and O–H groups in total. The maximum absolute atomic E-state index is 11.4. The van der Waals surface area contributed by atoms with Gasteiger partial charge in [-0.1, -0.05) is 11.8 Å². The van der Waals surface area contributed by atoms with Crippen molar-refractivity contribution >= 4 is 22.8 Å². The van der Waals surface area contributed by atoms with Gasteiger partial charge in [-0.05, 0) is 31.2 Å². The van der Waals surface area contributed by atoms with Gasteiger partial charge < -0.3 is 9.15 Å². The van der Waals surface area contributed by atoms with Gasteiger partial charge in [0.05, 0.1) is 18.4 Å². The van der Waals surface area contributed by atoms with E-state index >= 15 is 0 Å². The molecule has 5 nitrogen and oxygen atoms in total. The van der Waals surface area contributed by atoms with Crippen molar-refractivity contribution in [3.05, 3.63) is 41.3 Å². The summed E-state index contributed by atoms with van der Waals surface area (Å²) in [6.07, 6.45) is 0. The Morgan fingerprint density at radius 1 is 1.29 bits per heavy atom. The molecule has 110 valence electrons. The number of aryl methyl sites for hydroxylation is 1. The summed E-state index contributed by atoms with van der Waals surface area (Å²) in [6.45, 7) is 3.34. The van der Waals surface area contributed by atoms with Crippen molar-refractivity contribution in [2.24, 2.45) is 0 Å². The minimum atomic E-state index is -0.385. The van der Waals surface area contributed by atoms with Gasteiger partial charge >= 0.3 is 5.97 Å². The van der Waals surface area contributed by atoms with Crippen LogP contribution in [-0.2, 0) is 15.3 Å². The van der Waals surface area contributed by atoms with E-state index in [1.54, 1.807) is 24.3 Å². The van der Waals surface area contributed by atoms with Crippen LogP contribution in [0.2, 0.25) is 0 Å². The summed E-state index contributed by atoms with van der Waals surface area (Å²) in [7, 11) is 1.34. The number of hydrogen-bond acceptors (Lipinski definition) is 6. The molecule has 2 aromatic rings. The van der Waals surface area contributed by atoms with E-state index in [9.17, 15) is 9.59 Å². The van der Waals surface area contributed by atoms with Gasteiger partial charge in [0.1, 0.15) is 5.76 Å². The first-order chi connectivity index (χ1) is 10.0. The maximum atomic E-state index is 11.4. The SMILES string of the molecule is COC(=O)c1ccc(-c2nc(CSC(C)=O)c(C)o2)cc1. The zero-order valence-corrected chi connectivity index (χ0v) is 12.8. The number of carbonyl (C=O) groups is 2. The molecule has 21 heavy (non-hydrogen) atoms. The van der Waals surface area contributed by atoms with Crippen molar-refractivity contribution in [1.82, 2.24) is 4.98 Å². The predicted molar refractivity (Wildman–Crippen MR) is 80.0 cm³/mol. The summed E-state index contributed by atoms with van der Waals surface area (Å²) >= 11 is 1.19. The van der Waals surface area contributed by atoms with Crippen LogP contribution < -0.4 is 0 Å². The number of hydrogen-bond donors (Lipinski definition) is 0. The Balaban J connectivity index is 2.20. The first-order valence-electron chi connectivity index (χ1n) is 6.29. The molecule has 0 saturated heterocycles. The number of carbonyl (C=O) groups excluding carboxylic acids is 2. The zero-order chi connectivity index (χ0) is 15.4. The van der Waals surface area contributed by atoms with Gasteiger partial charge in [0, 0.05) is 18.2 Å². The molecule has 0 aliphatic carbocycles. The number of rotatable bonds is 4. The first-order valence-corrected chi connectivity index (χ1v) is 7.28. The van der Waals surface area contributed by atoms with E-state index in [0.717, 1.165) is 11.3 Å². The third kappa shape index (κ3) is 3.72. The van der Waals surface area contributed by atoms with Gasteiger partial charge in [-0.2, -0.15) is 0 Å². The molecule has 0 aliphatic heterocycles. The number of oxazole rings is 1. The molecule has 6 heteroatoms. The Labute approximate surface area is 126 Å². The van der Waals surface area contributed by atoms with E-state index in [2.05, 4.69) is 9.72 Å². The summed E-state index contributed by atoms with van der Waals surface area (Å²) in [6, 6.07) is 6.81. The topological polar surface area (TPSA) is 69.4 Å². The summed E-state index contributed by atoms with van der Waals surface area (Å²) in [5.74, 6) is 1.27. The average molecular weight is 305 g/mol. The van der Waals surface area contributed by atoms with Crippen LogP contribution in [0.3, 0.4) is 0 Å². The Bertz CT molecular complexity index is 661. The molecule has 0 saturated carbocycles. The molecular weight excluding hydrogens is 290 g/mol. The fourth-order valence-corrected chi connectivity index (χ4v) is 2.33. The zero-order valence-electron chi connectivity index (χ0n) is 12.0. The molecule has 0 amide bonds. The van der Waals surface area contributed by atoms with Crippen molar-refractivity contribution in [3.63, 3.8) is 0 Å². The molecule has 2 rings (SSSR count). The van der Waals surface area contributed by atoms with Crippen LogP contribution in [0.1, 0.15) is 28.7 Å². The number of esters is 1. The lowest BCUT2D eigenvalue weighted by Gasteiger charge is -1.99. The highest BCUT2D eigenvalue weighted by atomic mass is 32.2. The van der Waals surface area contributed by atoms with E-state index in [1.165, 1.54) is 25.8 Å². The summed E-state index contributed by atoms with van der Waals surface area (Å²) in [5.41, 5.74) is 1.99. The van der Waals surface area contributed by atoms with Crippen LogP contribution in [0.4, 0.5) is 0 Å². The van der Waals surface area contributed by atoms with Crippen molar-refractivity contribution in [1.29, 1.82) is 0 Å². The van der Waals surface area contributed by atoms with Gasteiger partial charge in [0.15, 0.2) is 5.12 Å². The second-order valence-electron chi connectivity index (χ2n) is 4.37. The quantitative estimate of drug-likeness (QED) is 0.808. The van der Waals surface area contributed by atoms with Crippen LogP contribution in [0.5, 0.6) is 0 Å². The monoisotopic (exact) mass is 305 g/mol. The number of methoxy groups -OCH3 is 1. The van der Waals surface area contributed by atoms with Crippen LogP contribution in [-0.4, -0.2) is 23.2 Å². The lowest BCUT2D eigenvalue weighted by molar-refractivity contribution is -0.109. The second kappa shape index (κ2) is 6.58. The van der Waals surface area contributed by atoms with Crippen molar-refractivity contribution in [2.45, 2.75) is 19.6 Å². The summed E-state index contributed by atoms with van der Waals surface area (Å²) in [4.78, 5) is 26.8. The van der Waals surface area contributed by atoms with E-state index in [4.69, 9.17) is 4.42 Å². The van der Waals surface area contributed by atoms with Gasteiger partial charge in [-0.25, -0.2) is 9.78 Å². The van der Waals surface area contributed by atoms with E-state index in [-0.39, 0.29) is 11.1 Å². The van der Waals surface area contributed by atoms with Crippen molar-refractivity contribution in [2.75, 3.05) is 7.11 Å². The molecule has 0 aliphatic rings. The minimum Gasteiger partial charge on any atom is -0.465 e. The summed E-state index contributed by atoms with van der Waals surface area (Å²) < 4.78 is 10.3. The molecule has 0 unspecified atom stereocenters. The van der Waals surface area contributed by atoms with Crippen LogP contribution in [0, 0.1) is 6.92 Å². The molecule has 0 radical (unpaired) electrons. The van der Waals surface area contributed by atoms with Gasteiger partial charge in [0.2, 0.25) is 5.89 Å². The van der Waals surface area contributed by atoms with Gasteiger partial charge in [0.25, 0.3) is 0 Å². The average Bonchev–Trinajstić information content (AvgIpc) is 2.85. The standard InChI is InChI=1S/C15H15NO4S/c1-9-13(8-21-10(2)17)16-14(20-9)11-4-6-12(7-5-11)15(18)19-3/h4-7H,8H2,1-3H3. The fraction of sp³-hybridized carbons (Fsp3) is 0.267. The highest BCUT2D eigenvalue weighted by Gasteiger charge is 2.13. The normalized spacial score (nSPS) is 10.4. The molecule has 0 fully saturated rings. The highest BCUT2D eigenvalue weighted by Crippen LogP contribution is 2.24. The largest absolute Gasteiger partial charge is 0.465 e. The Hall–Kier alpha value is -2.08.